The van der Waals surface area contributed by atoms with Gasteiger partial charge >= 0.3 is 0 Å². The third-order valence-corrected chi connectivity index (χ3v) is 5.10. The fraction of sp³-hybridized carbons (Fsp3) is 0.562. The first-order chi connectivity index (χ1) is 10.3. The number of amides is 1. The molecule has 0 spiro atoms. The van der Waals surface area contributed by atoms with Gasteiger partial charge in [-0.1, -0.05) is 6.92 Å². The molecule has 0 radical (unpaired) electrons. The number of carbonyl (C=O) groups excluding carboxylic acids is 1. The third kappa shape index (κ3) is 4.22. The lowest BCUT2D eigenvalue weighted by atomic mass is 10.1. The molecule has 0 atom stereocenters. The number of hydrogen-bond donors (Lipinski definition) is 1. The summed E-state index contributed by atoms with van der Waals surface area (Å²) in [5.74, 6) is 0.108. The average molecular weight is 324 g/mol. The normalized spacial score (nSPS) is 14.9. The number of nitrogens with zero attached hydrogens (tertiary/aromatic N) is 1. The van der Waals surface area contributed by atoms with Crippen LogP contribution < -0.4 is 4.72 Å². The zero-order chi connectivity index (χ0) is 16.3. The van der Waals surface area contributed by atoms with Gasteiger partial charge in [-0.05, 0) is 57.4 Å². The van der Waals surface area contributed by atoms with Crippen LogP contribution >= 0.6 is 0 Å². The molecule has 1 N–H and O–H groups in total. The van der Waals surface area contributed by atoms with Gasteiger partial charge < -0.3 is 4.90 Å². The number of rotatable bonds is 7. The topological polar surface area (TPSA) is 66.5 Å². The van der Waals surface area contributed by atoms with Crippen molar-refractivity contribution < 1.29 is 13.2 Å². The molecule has 5 nitrogen and oxygen atoms in total. The molecular weight excluding hydrogens is 300 g/mol. The summed E-state index contributed by atoms with van der Waals surface area (Å²) in [5.41, 5.74) is 1.09. The SMILES string of the molecule is CCCS(=O)(=O)Nc1ccc(C(=O)N(C(C)C)C2CC2)cc1. The highest BCUT2D eigenvalue weighted by Crippen LogP contribution is 2.30. The Bertz CT molecular complexity index is 617. The molecule has 1 aromatic rings. The largest absolute Gasteiger partial charge is 0.333 e. The summed E-state index contributed by atoms with van der Waals surface area (Å²) in [6, 6.07) is 7.18. The molecule has 1 aliphatic carbocycles. The Morgan fingerprint density at radius 2 is 1.86 bits per heavy atom. The monoisotopic (exact) mass is 324 g/mol. The Balaban J connectivity index is 2.09. The number of sulfonamides is 1. The molecule has 0 bridgehead atoms. The zero-order valence-corrected chi connectivity index (χ0v) is 14.2. The van der Waals surface area contributed by atoms with Crippen molar-refractivity contribution >= 4 is 21.6 Å². The summed E-state index contributed by atoms with van der Waals surface area (Å²) in [5, 5.41) is 0. The van der Waals surface area contributed by atoms with E-state index in [-0.39, 0.29) is 17.7 Å². The van der Waals surface area contributed by atoms with E-state index < -0.39 is 10.0 Å². The minimum Gasteiger partial charge on any atom is -0.333 e. The molecule has 0 aromatic heterocycles. The van der Waals surface area contributed by atoms with E-state index in [2.05, 4.69) is 4.72 Å². The van der Waals surface area contributed by atoms with E-state index in [9.17, 15) is 13.2 Å². The number of carbonyl (C=O) groups is 1. The van der Waals surface area contributed by atoms with Crippen molar-refractivity contribution in [3.05, 3.63) is 29.8 Å². The highest BCUT2D eigenvalue weighted by Gasteiger charge is 2.34. The van der Waals surface area contributed by atoms with Crippen molar-refractivity contribution in [1.29, 1.82) is 0 Å². The van der Waals surface area contributed by atoms with Crippen molar-refractivity contribution in [2.45, 2.75) is 52.1 Å². The Kier molecular flexibility index (Phi) is 5.11. The van der Waals surface area contributed by atoms with E-state index in [0.717, 1.165) is 12.8 Å². The molecule has 1 aliphatic rings. The van der Waals surface area contributed by atoms with Crippen LogP contribution in [0, 0.1) is 0 Å². The third-order valence-electron chi connectivity index (χ3n) is 3.61. The molecule has 1 aromatic carbocycles. The van der Waals surface area contributed by atoms with Gasteiger partial charge in [0, 0.05) is 23.3 Å². The zero-order valence-electron chi connectivity index (χ0n) is 13.4. The van der Waals surface area contributed by atoms with Crippen LogP contribution in [-0.4, -0.2) is 37.1 Å². The summed E-state index contributed by atoms with van der Waals surface area (Å²) >= 11 is 0. The maximum atomic E-state index is 12.6. The lowest BCUT2D eigenvalue weighted by Gasteiger charge is -2.26. The summed E-state index contributed by atoms with van der Waals surface area (Å²) in [6.07, 6.45) is 2.70. The minimum absolute atomic E-state index is 0.0143. The van der Waals surface area contributed by atoms with Gasteiger partial charge in [-0.3, -0.25) is 9.52 Å². The first kappa shape index (κ1) is 16.8. The van der Waals surface area contributed by atoms with Crippen LogP contribution in [0.15, 0.2) is 24.3 Å². The second-order valence-corrected chi connectivity index (χ2v) is 7.88. The maximum absolute atomic E-state index is 12.6. The van der Waals surface area contributed by atoms with Gasteiger partial charge in [0.25, 0.3) is 5.91 Å². The summed E-state index contributed by atoms with van der Waals surface area (Å²) in [7, 11) is -3.30. The molecule has 22 heavy (non-hydrogen) atoms. The standard InChI is InChI=1S/C16H24N2O3S/c1-4-11-22(20,21)17-14-7-5-13(6-8-14)16(19)18(12(2)3)15-9-10-15/h5-8,12,15,17H,4,9-11H2,1-3H3. The molecule has 0 aliphatic heterocycles. The van der Waals surface area contributed by atoms with Crippen molar-refractivity contribution in [1.82, 2.24) is 4.90 Å². The molecule has 1 amide bonds. The number of benzene rings is 1. The number of nitrogens with one attached hydrogen (secondary N) is 1. The minimum atomic E-state index is -3.30. The van der Waals surface area contributed by atoms with Gasteiger partial charge in [-0.15, -0.1) is 0 Å². The van der Waals surface area contributed by atoms with Crippen LogP contribution in [-0.2, 0) is 10.0 Å². The quantitative estimate of drug-likeness (QED) is 0.838. The van der Waals surface area contributed by atoms with Gasteiger partial charge in [0.2, 0.25) is 10.0 Å². The van der Waals surface area contributed by atoms with Crippen LogP contribution in [0.25, 0.3) is 0 Å². The highest BCUT2D eigenvalue weighted by atomic mass is 32.2. The van der Waals surface area contributed by atoms with Crippen LogP contribution in [0.2, 0.25) is 0 Å². The number of anilines is 1. The highest BCUT2D eigenvalue weighted by molar-refractivity contribution is 7.92. The van der Waals surface area contributed by atoms with E-state index in [0.29, 0.717) is 23.7 Å². The van der Waals surface area contributed by atoms with E-state index >= 15 is 0 Å². The van der Waals surface area contributed by atoms with Gasteiger partial charge in [-0.2, -0.15) is 0 Å². The molecule has 6 heteroatoms. The summed E-state index contributed by atoms with van der Waals surface area (Å²) in [4.78, 5) is 14.5. The molecule has 122 valence electrons. The predicted molar refractivity (Wildman–Crippen MR) is 88.5 cm³/mol. The van der Waals surface area contributed by atoms with Crippen molar-refractivity contribution in [2.75, 3.05) is 10.5 Å². The molecule has 2 rings (SSSR count). The van der Waals surface area contributed by atoms with Gasteiger partial charge in [0.05, 0.1) is 5.75 Å². The molecule has 1 saturated carbocycles. The van der Waals surface area contributed by atoms with Gasteiger partial charge in [0.1, 0.15) is 0 Å². The summed E-state index contributed by atoms with van der Waals surface area (Å²) < 4.78 is 26.0. The number of hydrogen-bond acceptors (Lipinski definition) is 3. The van der Waals surface area contributed by atoms with Crippen LogP contribution in [0.3, 0.4) is 0 Å². The van der Waals surface area contributed by atoms with Gasteiger partial charge in [-0.25, -0.2) is 8.42 Å². The second-order valence-electron chi connectivity index (χ2n) is 6.04. The second kappa shape index (κ2) is 6.69. The fourth-order valence-electron chi connectivity index (χ4n) is 2.50. The predicted octanol–water partition coefficient (Wildman–Crippen LogP) is 2.85. The van der Waals surface area contributed by atoms with Crippen molar-refractivity contribution in [3.63, 3.8) is 0 Å². The van der Waals surface area contributed by atoms with E-state index in [1.807, 2.05) is 25.7 Å². The summed E-state index contributed by atoms with van der Waals surface area (Å²) in [6.45, 7) is 5.85. The lowest BCUT2D eigenvalue weighted by Crippen LogP contribution is -2.38. The smallest absolute Gasteiger partial charge is 0.254 e. The lowest BCUT2D eigenvalue weighted by molar-refractivity contribution is 0.0690. The van der Waals surface area contributed by atoms with E-state index in [4.69, 9.17) is 0 Å². The van der Waals surface area contributed by atoms with Gasteiger partial charge in [0.15, 0.2) is 0 Å². The Morgan fingerprint density at radius 1 is 1.27 bits per heavy atom. The maximum Gasteiger partial charge on any atom is 0.254 e. The van der Waals surface area contributed by atoms with E-state index in [1.165, 1.54) is 0 Å². The fourth-order valence-corrected chi connectivity index (χ4v) is 3.64. The van der Waals surface area contributed by atoms with E-state index in [1.54, 1.807) is 24.3 Å². The first-order valence-corrected chi connectivity index (χ1v) is 9.42. The Morgan fingerprint density at radius 3 is 2.32 bits per heavy atom. The molecule has 0 unspecified atom stereocenters. The van der Waals surface area contributed by atoms with Crippen LogP contribution in [0.1, 0.15) is 50.4 Å². The molecule has 0 saturated heterocycles. The van der Waals surface area contributed by atoms with Crippen LogP contribution in [0.5, 0.6) is 0 Å². The average Bonchev–Trinajstić information content (AvgIpc) is 3.23. The molecule has 0 heterocycles. The Hall–Kier alpha value is -1.56. The van der Waals surface area contributed by atoms with Crippen molar-refractivity contribution in [3.8, 4) is 0 Å². The van der Waals surface area contributed by atoms with Crippen molar-refractivity contribution in [2.24, 2.45) is 0 Å². The Labute approximate surface area is 132 Å². The first-order valence-electron chi connectivity index (χ1n) is 7.77. The molecule has 1 fully saturated rings. The molecular formula is C16H24N2O3S. The van der Waals surface area contributed by atoms with Crippen LogP contribution in [0.4, 0.5) is 5.69 Å².